The van der Waals surface area contributed by atoms with Gasteiger partial charge in [-0.25, -0.2) is 12.7 Å². The summed E-state index contributed by atoms with van der Waals surface area (Å²) >= 11 is 1.47. The molecule has 0 spiro atoms. The van der Waals surface area contributed by atoms with Gasteiger partial charge in [-0.05, 0) is 31.4 Å². The van der Waals surface area contributed by atoms with Crippen molar-refractivity contribution in [2.24, 2.45) is 18.0 Å². The summed E-state index contributed by atoms with van der Waals surface area (Å²) in [4.78, 5) is 17.6. The summed E-state index contributed by atoms with van der Waals surface area (Å²) in [5.41, 5.74) is 2.03. The fraction of sp³-hybridized carbons (Fsp3) is 0.529. The van der Waals surface area contributed by atoms with Gasteiger partial charge >= 0.3 is 0 Å². The Bertz CT molecular complexity index is 1010. The Morgan fingerprint density at radius 3 is 2.54 bits per heavy atom. The van der Waals surface area contributed by atoms with Crippen LogP contribution in [0, 0.1) is 12.8 Å². The molecule has 142 valence electrons. The summed E-state index contributed by atoms with van der Waals surface area (Å²) in [6, 6.07) is 3.90. The molecule has 0 N–H and O–H groups in total. The number of carbonyl (C=O) groups excluding carboxylic acids is 1. The van der Waals surface area contributed by atoms with Crippen LogP contribution in [0.25, 0.3) is 10.2 Å². The summed E-state index contributed by atoms with van der Waals surface area (Å²) in [5.74, 6) is 0.331. The first-order valence-corrected chi connectivity index (χ1v) is 11.1. The van der Waals surface area contributed by atoms with Crippen LogP contribution >= 0.6 is 11.3 Å². The lowest BCUT2D eigenvalue weighted by atomic mass is 9.98. The number of aryl methyl sites for hydroxylation is 2. The number of ether oxygens (including phenoxy) is 1. The van der Waals surface area contributed by atoms with E-state index in [0.29, 0.717) is 30.7 Å². The van der Waals surface area contributed by atoms with E-state index in [1.54, 1.807) is 7.11 Å². The Kier molecular flexibility index (Phi) is 5.23. The fourth-order valence-electron chi connectivity index (χ4n) is 3.24. The number of amides is 1. The molecule has 7 nitrogen and oxygen atoms in total. The SMILES string of the molecule is COc1ccc(C)c2sc(=NC(=O)C3CCN(S(C)(=O)=O)CC3)n(C)c12. The average Bonchev–Trinajstić information content (AvgIpc) is 2.93. The van der Waals surface area contributed by atoms with Crippen molar-refractivity contribution < 1.29 is 17.9 Å². The highest BCUT2D eigenvalue weighted by molar-refractivity contribution is 7.88. The summed E-state index contributed by atoms with van der Waals surface area (Å²) in [5, 5.41) is 0. The Hall–Kier alpha value is -1.71. The fourth-order valence-corrected chi connectivity index (χ4v) is 5.22. The van der Waals surface area contributed by atoms with Crippen LogP contribution in [0.5, 0.6) is 5.75 Å². The molecule has 1 saturated heterocycles. The Balaban J connectivity index is 1.90. The van der Waals surface area contributed by atoms with E-state index >= 15 is 0 Å². The molecule has 1 aromatic carbocycles. The maximum Gasteiger partial charge on any atom is 0.251 e. The molecule has 1 aliphatic heterocycles. The van der Waals surface area contributed by atoms with Crippen LogP contribution in [0.2, 0.25) is 0 Å². The number of nitrogens with zero attached hydrogens (tertiary/aromatic N) is 3. The van der Waals surface area contributed by atoms with E-state index in [0.717, 1.165) is 21.5 Å². The molecular weight excluding hydrogens is 374 g/mol. The van der Waals surface area contributed by atoms with Crippen molar-refractivity contribution in [2.75, 3.05) is 26.5 Å². The number of thiazole rings is 1. The number of methoxy groups -OCH3 is 1. The Morgan fingerprint density at radius 1 is 1.31 bits per heavy atom. The average molecular weight is 398 g/mol. The van der Waals surface area contributed by atoms with Gasteiger partial charge in [-0.1, -0.05) is 17.4 Å². The van der Waals surface area contributed by atoms with Gasteiger partial charge in [0.25, 0.3) is 5.91 Å². The number of carbonyl (C=O) groups is 1. The molecule has 0 bridgehead atoms. The second-order valence-corrected chi connectivity index (χ2v) is 9.55. The van der Waals surface area contributed by atoms with Gasteiger partial charge in [0.15, 0.2) is 4.80 Å². The number of rotatable bonds is 3. The molecule has 1 aromatic heterocycles. The highest BCUT2D eigenvalue weighted by Crippen LogP contribution is 2.29. The standard InChI is InChI=1S/C17H23N3O4S2/c1-11-5-6-13(24-3)14-15(11)25-17(19(14)2)18-16(21)12-7-9-20(10-8-12)26(4,22)23/h5-6,12H,7-10H2,1-4H3. The lowest BCUT2D eigenvalue weighted by Gasteiger charge is -2.28. The van der Waals surface area contributed by atoms with Gasteiger partial charge in [-0.3, -0.25) is 4.79 Å². The summed E-state index contributed by atoms with van der Waals surface area (Å²) < 4.78 is 33.0. The molecule has 2 heterocycles. The van der Waals surface area contributed by atoms with Crippen molar-refractivity contribution in [3.63, 3.8) is 0 Å². The molecule has 1 fully saturated rings. The molecule has 26 heavy (non-hydrogen) atoms. The van der Waals surface area contributed by atoms with Crippen LogP contribution in [-0.4, -0.2) is 49.7 Å². The lowest BCUT2D eigenvalue weighted by molar-refractivity contribution is -0.122. The first-order chi connectivity index (χ1) is 12.2. The second kappa shape index (κ2) is 7.13. The van der Waals surface area contributed by atoms with Gasteiger partial charge in [-0.2, -0.15) is 4.99 Å². The van der Waals surface area contributed by atoms with Gasteiger partial charge in [-0.15, -0.1) is 0 Å². The molecule has 0 unspecified atom stereocenters. The highest BCUT2D eigenvalue weighted by atomic mass is 32.2. The third-order valence-electron chi connectivity index (χ3n) is 4.80. The van der Waals surface area contributed by atoms with E-state index in [4.69, 9.17) is 4.74 Å². The number of hydrogen-bond donors (Lipinski definition) is 0. The van der Waals surface area contributed by atoms with Gasteiger partial charge < -0.3 is 9.30 Å². The van der Waals surface area contributed by atoms with Crippen molar-refractivity contribution in [3.05, 3.63) is 22.5 Å². The predicted molar refractivity (Wildman–Crippen MR) is 102 cm³/mol. The van der Waals surface area contributed by atoms with E-state index in [-0.39, 0.29) is 11.8 Å². The van der Waals surface area contributed by atoms with Gasteiger partial charge in [0.2, 0.25) is 10.0 Å². The number of hydrogen-bond acceptors (Lipinski definition) is 5. The third-order valence-corrected chi connectivity index (χ3v) is 7.38. The van der Waals surface area contributed by atoms with Crippen molar-refractivity contribution in [1.82, 2.24) is 8.87 Å². The quantitative estimate of drug-likeness (QED) is 0.789. The minimum absolute atomic E-state index is 0.183. The van der Waals surface area contributed by atoms with Crippen LogP contribution in [0.15, 0.2) is 17.1 Å². The van der Waals surface area contributed by atoms with E-state index in [1.165, 1.54) is 21.9 Å². The van der Waals surface area contributed by atoms with E-state index in [2.05, 4.69) is 4.99 Å². The smallest absolute Gasteiger partial charge is 0.251 e. The van der Waals surface area contributed by atoms with Crippen molar-refractivity contribution in [1.29, 1.82) is 0 Å². The van der Waals surface area contributed by atoms with Crippen LogP contribution < -0.4 is 9.54 Å². The molecule has 2 aromatic rings. The van der Waals surface area contributed by atoms with Crippen molar-refractivity contribution >= 4 is 37.5 Å². The third kappa shape index (κ3) is 3.56. The molecule has 0 atom stereocenters. The monoisotopic (exact) mass is 397 g/mol. The molecular formula is C17H23N3O4S2. The van der Waals surface area contributed by atoms with Crippen molar-refractivity contribution in [2.45, 2.75) is 19.8 Å². The number of aromatic nitrogens is 1. The van der Waals surface area contributed by atoms with Crippen LogP contribution in [0.1, 0.15) is 18.4 Å². The second-order valence-electron chi connectivity index (χ2n) is 6.59. The number of fused-ring (bicyclic) bond motifs is 1. The molecule has 1 amide bonds. The summed E-state index contributed by atoms with van der Waals surface area (Å²) in [6.45, 7) is 2.76. The first-order valence-electron chi connectivity index (χ1n) is 8.39. The molecule has 0 aliphatic carbocycles. The van der Waals surface area contributed by atoms with E-state index < -0.39 is 10.0 Å². The first kappa shape index (κ1) is 19.1. The lowest BCUT2D eigenvalue weighted by Crippen LogP contribution is -2.39. The number of benzene rings is 1. The molecule has 9 heteroatoms. The molecule has 1 aliphatic rings. The zero-order valence-corrected chi connectivity index (χ0v) is 17.0. The minimum Gasteiger partial charge on any atom is -0.495 e. The predicted octanol–water partition coefficient (Wildman–Crippen LogP) is 1.66. The minimum atomic E-state index is -3.19. The van der Waals surface area contributed by atoms with E-state index in [1.807, 2.05) is 30.7 Å². The number of sulfonamides is 1. The van der Waals surface area contributed by atoms with Crippen molar-refractivity contribution in [3.8, 4) is 5.75 Å². The molecule has 0 saturated carbocycles. The van der Waals surface area contributed by atoms with Gasteiger partial charge in [0, 0.05) is 26.1 Å². The Labute approximate surface area is 157 Å². The van der Waals surface area contributed by atoms with Crippen LogP contribution in [0.3, 0.4) is 0 Å². The maximum absolute atomic E-state index is 12.6. The molecule has 0 radical (unpaired) electrons. The maximum atomic E-state index is 12.6. The van der Waals surface area contributed by atoms with Crippen LogP contribution in [-0.2, 0) is 21.9 Å². The zero-order valence-electron chi connectivity index (χ0n) is 15.4. The highest BCUT2D eigenvalue weighted by Gasteiger charge is 2.29. The zero-order chi connectivity index (χ0) is 19.1. The van der Waals surface area contributed by atoms with Gasteiger partial charge in [0.1, 0.15) is 11.3 Å². The largest absolute Gasteiger partial charge is 0.495 e. The number of piperidine rings is 1. The normalized spacial score (nSPS) is 17.8. The summed E-state index contributed by atoms with van der Waals surface area (Å²) in [7, 11) is 0.304. The van der Waals surface area contributed by atoms with Gasteiger partial charge in [0.05, 0.1) is 18.1 Å². The topological polar surface area (TPSA) is 81.0 Å². The summed E-state index contributed by atoms with van der Waals surface area (Å²) in [6.07, 6.45) is 2.21. The van der Waals surface area contributed by atoms with Crippen LogP contribution in [0.4, 0.5) is 0 Å². The molecule has 3 rings (SSSR count). The van der Waals surface area contributed by atoms with E-state index in [9.17, 15) is 13.2 Å². The Morgan fingerprint density at radius 2 is 1.96 bits per heavy atom.